The van der Waals surface area contributed by atoms with Gasteiger partial charge in [0.15, 0.2) is 5.82 Å². The summed E-state index contributed by atoms with van der Waals surface area (Å²) in [5.41, 5.74) is 3.92. The molecule has 1 N–H and O–H groups in total. The van der Waals surface area contributed by atoms with Crippen molar-refractivity contribution in [2.75, 3.05) is 12.0 Å². The number of hydrogen-bond donors (Lipinski definition) is 1. The molecule has 5 heteroatoms. The summed E-state index contributed by atoms with van der Waals surface area (Å²) in [6.45, 7) is 2.62. The van der Waals surface area contributed by atoms with Gasteiger partial charge in [-0.2, -0.15) is 10.2 Å². The highest BCUT2D eigenvalue weighted by Gasteiger charge is 2.00. The van der Waals surface area contributed by atoms with E-state index in [0.717, 1.165) is 22.1 Å². The smallest absolute Gasteiger partial charge is 0.176 e. The van der Waals surface area contributed by atoms with Gasteiger partial charge in [-0.25, -0.2) is 0 Å². The molecule has 1 aromatic heterocycles. The Hall–Kier alpha value is -2.95. The number of hydrazone groups is 1. The van der Waals surface area contributed by atoms with Gasteiger partial charge in [0.1, 0.15) is 5.75 Å². The fraction of sp³-hybridized carbons (Fsp3) is 0.118. The zero-order chi connectivity index (χ0) is 15.2. The number of benzene rings is 2. The highest BCUT2D eigenvalue weighted by Crippen LogP contribution is 2.19. The second-order valence-electron chi connectivity index (χ2n) is 4.65. The van der Waals surface area contributed by atoms with Crippen LogP contribution in [0.4, 0.5) is 5.82 Å². The number of nitrogens with zero attached hydrogens (tertiary/aromatic N) is 3. The molecular formula is C17H16N4O. The topological polar surface area (TPSA) is 59.4 Å². The Bertz CT molecular complexity index is 779. The van der Waals surface area contributed by atoms with E-state index < -0.39 is 0 Å². The lowest BCUT2D eigenvalue weighted by Crippen LogP contribution is -1.96. The quantitative estimate of drug-likeness (QED) is 0.578. The first-order chi connectivity index (χ1) is 10.9. The van der Waals surface area contributed by atoms with Crippen molar-refractivity contribution in [3.8, 4) is 5.75 Å². The van der Waals surface area contributed by atoms with E-state index in [-0.39, 0.29) is 0 Å². The van der Waals surface area contributed by atoms with Crippen LogP contribution in [-0.4, -0.2) is 23.0 Å². The van der Waals surface area contributed by atoms with E-state index >= 15 is 0 Å². The molecule has 5 nitrogen and oxygen atoms in total. The van der Waals surface area contributed by atoms with Gasteiger partial charge in [0, 0.05) is 10.8 Å². The monoisotopic (exact) mass is 292 g/mol. The van der Waals surface area contributed by atoms with Crippen LogP contribution in [0.25, 0.3) is 10.8 Å². The average molecular weight is 292 g/mol. The van der Waals surface area contributed by atoms with Gasteiger partial charge in [0.05, 0.1) is 19.0 Å². The fourth-order valence-corrected chi connectivity index (χ4v) is 2.10. The molecule has 110 valence electrons. The molecule has 0 fully saturated rings. The Kier molecular flexibility index (Phi) is 4.25. The first-order valence-corrected chi connectivity index (χ1v) is 7.09. The summed E-state index contributed by atoms with van der Waals surface area (Å²) in [4.78, 5) is 0. The zero-order valence-electron chi connectivity index (χ0n) is 12.2. The van der Waals surface area contributed by atoms with Gasteiger partial charge in [0.2, 0.25) is 0 Å². The standard InChI is InChI=1S/C17H16N4O/c1-2-22-15-9-7-13(8-10-15)11-18-20-17-16-6-4-3-5-14(16)12-19-21-17/h3-12H,2H2,1H3,(H,20,21)/b18-11-. The van der Waals surface area contributed by atoms with Crippen molar-refractivity contribution < 1.29 is 4.74 Å². The van der Waals surface area contributed by atoms with Gasteiger partial charge < -0.3 is 4.74 Å². The van der Waals surface area contributed by atoms with E-state index in [4.69, 9.17) is 4.74 Å². The Labute approximate surface area is 128 Å². The maximum absolute atomic E-state index is 5.40. The number of fused-ring (bicyclic) bond motifs is 1. The molecule has 0 unspecified atom stereocenters. The van der Waals surface area contributed by atoms with Gasteiger partial charge in [-0.15, -0.1) is 5.10 Å². The van der Waals surface area contributed by atoms with Crippen molar-refractivity contribution in [2.24, 2.45) is 5.10 Å². The third kappa shape index (κ3) is 3.20. The summed E-state index contributed by atoms with van der Waals surface area (Å²) in [6, 6.07) is 15.6. The Balaban J connectivity index is 1.73. The van der Waals surface area contributed by atoms with Crippen LogP contribution in [0.15, 0.2) is 59.8 Å². The SMILES string of the molecule is CCOc1ccc(/C=N\Nc2nncc3ccccc23)cc1. The molecule has 0 aliphatic heterocycles. The minimum atomic E-state index is 0.639. The lowest BCUT2D eigenvalue weighted by atomic mass is 10.2. The molecule has 0 radical (unpaired) electrons. The Morgan fingerprint density at radius 1 is 1.14 bits per heavy atom. The largest absolute Gasteiger partial charge is 0.494 e. The molecule has 0 saturated heterocycles. The highest BCUT2D eigenvalue weighted by molar-refractivity contribution is 5.91. The molecule has 0 saturated carbocycles. The molecule has 0 atom stereocenters. The second kappa shape index (κ2) is 6.67. The van der Waals surface area contributed by atoms with Crippen LogP contribution in [0, 0.1) is 0 Å². The summed E-state index contributed by atoms with van der Waals surface area (Å²) in [5, 5.41) is 14.3. The van der Waals surface area contributed by atoms with Crippen molar-refractivity contribution >= 4 is 22.8 Å². The average Bonchev–Trinajstić information content (AvgIpc) is 2.57. The number of anilines is 1. The first kappa shape index (κ1) is 14.0. The lowest BCUT2D eigenvalue weighted by Gasteiger charge is -2.03. The van der Waals surface area contributed by atoms with E-state index in [1.807, 2.05) is 55.5 Å². The van der Waals surface area contributed by atoms with Crippen LogP contribution in [0.5, 0.6) is 5.75 Å². The molecule has 1 heterocycles. The van der Waals surface area contributed by atoms with E-state index in [9.17, 15) is 0 Å². The van der Waals surface area contributed by atoms with Crippen LogP contribution in [0.1, 0.15) is 12.5 Å². The van der Waals surface area contributed by atoms with E-state index in [2.05, 4.69) is 20.7 Å². The molecule has 22 heavy (non-hydrogen) atoms. The summed E-state index contributed by atoms with van der Waals surface area (Å²) in [6.07, 6.45) is 3.47. The lowest BCUT2D eigenvalue weighted by molar-refractivity contribution is 0.340. The third-order valence-corrected chi connectivity index (χ3v) is 3.15. The normalized spacial score (nSPS) is 11.0. The summed E-state index contributed by atoms with van der Waals surface area (Å²) in [7, 11) is 0. The number of aromatic nitrogens is 2. The molecule has 3 rings (SSSR count). The number of nitrogens with one attached hydrogen (secondary N) is 1. The Morgan fingerprint density at radius 3 is 2.77 bits per heavy atom. The van der Waals surface area contributed by atoms with Crippen LogP contribution in [0.2, 0.25) is 0 Å². The predicted molar refractivity (Wildman–Crippen MR) is 88.4 cm³/mol. The van der Waals surface area contributed by atoms with Crippen LogP contribution >= 0.6 is 0 Å². The Morgan fingerprint density at radius 2 is 1.95 bits per heavy atom. The first-order valence-electron chi connectivity index (χ1n) is 7.09. The van der Waals surface area contributed by atoms with Crippen molar-refractivity contribution in [3.05, 3.63) is 60.3 Å². The molecule has 2 aromatic carbocycles. The minimum Gasteiger partial charge on any atom is -0.494 e. The van der Waals surface area contributed by atoms with Crippen molar-refractivity contribution in [2.45, 2.75) is 6.92 Å². The van der Waals surface area contributed by atoms with Crippen molar-refractivity contribution in [3.63, 3.8) is 0 Å². The maximum atomic E-state index is 5.40. The summed E-state index contributed by atoms with van der Waals surface area (Å²) in [5.74, 6) is 1.49. The summed E-state index contributed by atoms with van der Waals surface area (Å²) >= 11 is 0. The van der Waals surface area contributed by atoms with Crippen molar-refractivity contribution in [1.82, 2.24) is 10.2 Å². The van der Waals surface area contributed by atoms with Gasteiger partial charge in [-0.3, -0.25) is 5.43 Å². The van der Waals surface area contributed by atoms with Gasteiger partial charge in [0.25, 0.3) is 0 Å². The predicted octanol–water partition coefficient (Wildman–Crippen LogP) is 3.47. The number of rotatable bonds is 5. The molecule has 0 spiro atoms. The van der Waals surface area contributed by atoms with Crippen LogP contribution in [-0.2, 0) is 0 Å². The fourth-order valence-electron chi connectivity index (χ4n) is 2.10. The van der Waals surface area contributed by atoms with Gasteiger partial charge in [-0.05, 0) is 36.8 Å². The maximum Gasteiger partial charge on any atom is 0.176 e. The molecule has 0 aliphatic carbocycles. The number of ether oxygens (including phenoxy) is 1. The highest BCUT2D eigenvalue weighted by atomic mass is 16.5. The molecule has 3 aromatic rings. The van der Waals surface area contributed by atoms with Crippen LogP contribution < -0.4 is 10.2 Å². The van der Waals surface area contributed by atoms with Gasteiger partial charge >= 0.3 is 0 Å². The van der Waals surface area contributed by atoms with E-state index in [1.54, 1.807) is 12.4 Å². The zero-order valence-corrected chi connectivity index (χ0v) is 12.2. The summed E-state index contributed by atoms with van der Waals surface area (Å²) < 4.78 is 5.40. The third-order valence-electron chi connectivity index (χ3n) is 3.15. The molecular weight excluding hydrogens is 276 g/mol. The second-order valence-corrected chi connectivity index (χ2v) is 4.65. The molecule has 0 bridgehead atoms. The van der Waals surface area contributed by atoms with E-state index in [1.165, 1.54) is 0 Å². The minimum absolute atomic E-state index is 0.639. The van der Waals surface area contributed by atoms with Crippen molar-refractivity contribution in [1.29, 1.82) is 0 Å². The molecule has 0 aliphatic rings. The van der Waals surface area contributed by atoms with E-state index in [0.29, 0.717) is 12.4 Å². The van der Waals surface area contributed by atoms with Crippen LogP contribution in [0.3, 0.4) is 0 Å². The molecule has 0 amide bonds. The number of hydrogen-bond acceptors (Lipinski definition) is 5. The van der Waals surface area contributed by atoms with Gasteiger partial charge in [-0.1, -0.05) is 24.3 Å².